The number of amides is 1. The van der Waals surface area contributed by atoms with Gasteiger partial charge >= 0.3 is 0 Å². The number of aromatic nitrogens is 1. The van der Waals surface area contributed by atoms with Crippen molar-refractivity contribution in [3.63, 3.8) is 0 Å². The number of hydrogen-bond donors (Lipinski definition) is 1. The normalized spacial score (nSPS) is 10.0. The van der Waals surface area contributed by atoms with E-state index in [0.29, 0.717) is 0 Å². The number of nitrogens with one attached hydrogen (secondary N) is 1. The second-order valence-electron chi connectivity index (χ2n) is 3.95. The van der Waals surface area contributed by atoms with E-state index < -0.39 is 16.6 Å². The summed E-state index contributed by atoms with van der Waals surface area (Å²) in [6.45, 7) is 0. The van der Waals surface area contributed by atoms with Crippen LogP contribution in [0, 0.1) is 15.9 Å². The number of nitro groups is 1. The number of anilines is 1. The third-order valence-corrected chi connectivity index (χ3v) is 2.67. The third kappa shape index (κ3) is 3.11. The molecule has 1 aromatic heterocycles. The van der Waals surface area contributed by atoms with Crippen molar-refractivity contribution in [1.29, 1.82) is 0 Å². The molecule has 21 heavy (non-hydrogen) atoms. The molecule has 0 aliphatic heterocycles. The summed E-state index contributed by atoms with van der Waals surface area (Å²) in [5.41, 5.74) is -0.658. The number of pyridine rings is 1. The molecule has 2 rings (SSSR count). The first-order chi connectivity index (χ1) is 10.0. The van der Waals surface area contributed by atoms with Gasteiger partial charge in [0, 0.05) is 6.20 Å². The lowest BCUT2D eigenvalue weighted by atomic mass is 10.2. The number of nitro benzene ring substituents is 1. The number of nitrogens with zero attached hydrogens (tertiary/aromatic N) is 2. The zero-order valence-corrected chi connectivity index (χ0v) is 10.9. The number of methoxy groups -OCH3 is 1. The van der Waals surface area contributed by atoms with E-state index in [-0.39, 0.29) is 22.7 Å². The maximum absolute atomic E-state index is 13.4. The number of rotatable bonds is 4. The number of ether oxygens (including phenoxy) is 1. The number of carbonyl (C=O) groups excluding carboxylic acids is 1. The Morgan fingerprint density at radius 2 is 2.19 bits per heavy atom. The summed E-state index contributed by atoms with van der Waals surface area (Å²) in [5, 5.41) is 13.3. The predicted octanol–water partition coefficient (Wildman–Crippen LogP) is 2.39. The van der Waals surface area contributed by atoms with Crippen LogP contribution in [0.15, 0.2) is 36.7 Å². The molecule has 1 heterocycles. The molecule has 7 nitrogen and oxygen atoms in total. The summed E-state index contributed by atoms with van der Waals surface area (Å²) < 4.78 is 18.3. The van der Waals surface area contributed by atoms with Gasteiger partial charge in [-0.2, -0.15) is 0 Å². The molecule has 8 heteroatoms. The van der Waals surface area contributed by atoms with Crippen molar-refractivity contribution in [2.24, 2.45) is 0 Å². The van der Waals surface area contributed by atoms with Gasteiger partial charge < -0.3 is 10.1 Å². The van der Waals surface area contributed by atoms with E-state index in [1.165, 1.54) is 37.6 Å². The van der Waals surface area contributed by atoms with Crippen molar-refractivity contribution < 1.29 is 18.8 Å². The highest BCUT2D eigenvalue weighted by Crippen LogP contribution is 2.29. The molecule has 0 radical (unpaired) electrons. The van der Waals surface area contributed by atoms with Crippen molar-refractivity contribution in [3.05, 3.63) is 58.2 Å². The first-order valence-corrected chi connectivity index (χ1v) is 5.76. The van der Waals surface area contributed by atoms with Gasteiger partial charge in [-0.3, -0.25) is 19.9 Å². The molecule has 0 spiro atoms. The molecule has 108 valence electrons. The number of carbonyl (C=O) groups is 1. The van der Waals surface area contributed by atoms with Crippen molar-refractivity contribution in [2.45, 2.75) is 0 Å². The van der Waals surface area contributed by atoms with Crippen LogP contribution in [-0.4, -0.2) is 22.9 Å². The molecule has 1 aromatic carbocycles. The van der Waals surface area contributed by atoms with Crippen LogP contribution in [0.5, 0.6) is 5.75 Å². The van der Waals surface area contributed by atoms with Crippen molar-refractivity contribution in [2.75, 3.05) is 12.4 Å². The molecular weight excluding hydrogens is 281 g/mol. The highest BCUT2D eigenvalue weighted by Gasteiger charge is 2.19. The molecule has 1 amide bonds. The highest BCUT2D eigenvalue weighted by atomic mass is 19.1. The van der Waals surface area contributed by atoms with E-state index in [4.69, 9.17) is 4.74 Å². The second-order valence-corrected chi connectivity index (χ2v) is 3.95. The lowest BCUT2D eigenvalue weighted by Crippen LogP contribution is -2.15. The van der Waals surface area contributed by atoms with Gasteiger partial charge in [0.2, 0.25) is 0 Å². The molecule has 0 bridgehead atoms. The second kappa shape index (κ2) is 5.95. The first-order valence-electron chi connectivity index (χ1n) is 5.76. The zero-order chi connectivity index (χ0) is 15.4. The maximum Gasteiger partial charge on any atom is 0.296 e. The highest BCUT2D eigenvalue weighted by molar-refractivity contribution is 6.05. The number of hydrogen-bond acceptors (Lipinski definition) is 5. The standard InChI is InChI=1S/C13H10FN3O4/c1-21-8-2-3-11(12(6-8)17(19)20)16-13(18)9-4-5-15-7-10(9)14/h2-7H,1H3,(H,16,18). The molecule has 0 saturated heterocycles. The topological polar surface area (TPSA) is 94.4 Å². The Bertz CT molecular complexity index is 706. The van der Waals surface area contributed by atoms with E-state index in [1.54, 1.807) is 0 Å². The Morgan fingerprint density at radius 3 is 2.81 bits per heavy atom. The molecule has 2 aromatic rings. The predicted molar refractivity (Wildman–Crippen MR) is 71.8 cm³/mol. The average molecular weight is 291 g/mol. The Balaban J connectivity index is 2.33. The van der Waals surface area contributed by atoms with Crippen LogP contribution in [0.2, 0.25) is 0 Å². The Morgan fingerprint density at radius 1 is 1.43 bits per heavy atom. The van der Waals surface area contributed by atoms with Crippen LogP contribution >= 0.6 is 0 Å². The molecule has 0 unspecified atom stereocenters. The monoisotopic (exact) mass is 291 g/mol. The van der Waals surface area contributed by atoms with Gasteiger partial charge in [0.25, 0.3) is 11.6 Å². The number of benzene rings is 1. The quantitative estimate of drug-likeness (QED) is 0.689. The first kappa shape index (κ1) is 14.4. The average Bonchev–Trinajstić information content (AvgIpc) is 2.47. The van der Waals surface area contributed by atoms with Crippen molar-refractivity contribution in [3.8, 4) is 5.75 Å². The van der Waals surface area contributed by atoms with Crippen LogP contribution in [0.3, 0.4) is 0 Å². The molecular formula is C13H10FN3O4. The fourth-order valence-corrected chi connectivity index (χ4v) is 1.64. The molecule has 0 atom stereocenters. The number of halogens is 1. The largest absolute Gasteiger partial charge is 0.496 e. The molecule has 0 aliphatic carbocycles. The fourth-order valence-electron chi connectivity index (χ4n) is 1.64. The molecule has 1 N–H and O–H groups in total. The van der Waals surface area contributed by atoms with Crippen LogP contribution in [-0.2, 0) is 0 Å². The smallest absolute Gasteiger partial charge is 0.296 e. The summed E-state index contributed by atoms with van der Waals surface area (Å²) in [7, 11) is 1.36. The van der Waals surface area contributed by atoms with Gasteiger partial charge in [0.15, 0.2) is 5.82 Å². The van der Waals surface area contributed by atoms with E-state index in [2.05, 4.69) is 10.3 Å². The summed E-state index contributed by atoms with van der Waals surface area (Å²) in [6, 6.07) is 5.11. The minimum Gasteiger partial charge on any atom is -0.496 e. The Hall–Kier alpha value is -3.03. The summed E-state index contributed by atoms with van der Waals surface area (Å²) in [6.07, 6.45) is 2.14. The van der Waals surface area contributed by atoms with Crippen molar-refractivity contribution >= 4 is 17.3 Å². The molecule has 0 aliphatic rings. The van der Waals surface area contributed by atoms with Crippen LogP contribution < -0.4 is 10.1 Å². The van der Waals surface area contributed by atoms with Gasteiger partial charge in [-0.15, -0.1) is 0 Å². The molecule has 0 saturated carbocycles. The van der Waals surface area contributed by atoms with Gasteiger partial charge in [0.1, 0.15) is 11.4 Å². The van der Waals surface area contributed by atoms with Gasteiger partial charge in [0.05, 0.1) is 29.9 Å². The Kier molecular flexibility index (Phi) is 4.07. The Labute approximate surface area is 118 Å². The summed E-state index contributed by atoms with van der Waals surface area (Å²) >= 11 is 0. The van der Waals surface area contributed by atoms with Crippen molar-refractivity contribution in [1.82, 2.24) is 4.98 Å². The minimum absolute atomic E-state index is 0.0537. The minimum atomic E-state index is -0.814. The van der Waals surface area contributed by atoms with Crippen LogP contribution in [0.25, 0.3) is 0 Å². The lowest BCUT2D eigenvalue weighted by molar-refractivity contribution is -0.384. The van der Waals surface area contributed by atoms with E-state index in [9.17, 15) is 19.3 Å². The fraction of sp³-hybridized carbons (Fsp3) is 0.0769. The zero-order valence-electron chi connectivity index (χ0n) is 10.9. The summed E-state index contributed by atoms with van der Waals surface area (Å²) in [4.78, 5) is 25.8. The van der Waals surface area contributed by atoms with Gasteiger partial charge in [-0.1, -0.05) is 0 Å². The third-order valence-electron chi connectivity index (χ3n) is 2.67. The van der Waals surface area contributed by atoms with Crippen LogP contribution in [0.4, 0.5) is 15.8 Å². The summed E-state index contributed by atoms with van der Waals surface area (Å²) in [5.74, 6) is -1.34. The molecule has 0 fully saturated rings. The van der Waals surface area contributed by atoms with Gasteiger partial charge in [-0.25, -0.2) is 4.39 Å². The SMILES string of the molecule is COc1ccc(NC(=O)c2ccncc2F)c([N+](=O)[O-])c1. The van der Waals surface area contributed by atoms with Crippen LogP contribution in [0.1, 0.15) is 10.4 Å². The van der Waals surface area contributed by atoms with E-state index in [0.717, 1.165) is 6.20 Å². The van der Waals surface area contributed by atoms with Gasteiger partial charge in [-0.05, 0) is 18.2 Å². The van der Waals surface area contributed by atoms with E-state index in [1.807, 2.05) is 0 Å². The van der Waals surface area contributed by atoms with E-state index >= 15 is 0 Å². The lowest BCUT2D eigenvalue weighted by Gasteiger charge is -2.07. The maximum atomic E-state index is 13.4.